The first-order chi connectivity index (χ1) is 16.8. The lowest BCUT2D eigenvalue weighted by Crippen LogP contribution is -2.50. The molecule has 1 N–H and O–H groups in total. The highest BCUT2D eigenvalue weighted by Crippen LogP contribution is 2.30. The number of likely N-dealkylation sites (tertiary alicyclic amines) is 1. The van der Waals surface area contributed by atoms with Gasteiger partial charge < -0.3 is 14.7 Å². The van der Waals surface area contributed by atoms with Gasteiger partial charge in [-0.3, -0.25) is 19.8 Å². The molecule has 4 amide bonds. The molecule has 3 aliphatic heterocycles. The largest absolute Gasteiger partial charge is 0.339 e. The van der Waals surface area contributed by atoms with Gasteiger partial charge in [0, 0.05) is 64.3 Å². The Kier molecular flexibility index (Phi) is 8.68. The summed E-state index contributed by atoms with van der Waals surface area (Å²) in [5, 5.41) is 2.69. The van der Waals surface area contributed by atoms with Crippen LogP contribution in [0.5, 0.6) is 0 Å². The maximum absolute atomic E-state index is 13.2. The molecule has 0 unspecified atom stereocenters. The number of carbonyl (C=O) groups is 3. The number of anilines is 1. The van der Waals surface area contributed by atoms with Crippen molar-refractivity contribution >= 4 is 35.1 Å². The number of urea groups is 1. The molecule has 1 aromatic rings. The van der Waals surface area contributed by atoms with E-state index in [1.807, 2.05) is 4.90 Å². The minimum Gasteiger partial charge on any atom is -0.339 e. The summed E-state index contributed by atoms with van der Waals surface area (Å²) in [5.74, 6) is 1.05. The number of carbonyl (C=O) groups excluding carboxylic acids is 3. The van der Waals surface area contributed by atoms with Gasteiger partial charge in [-0.25, -0.2) is 4.79 Å². The lowest BCUT2D eigenvalue weighted by atomic mass is 9.95. The predicted molar refractivity (Wildman–Crippen MR) is 138 cm³/mol. The molecular weight excluding hydrogens is 466 g/mol. The van der Waals surface area contributed by atoms with Crippen LogP contribution in [-0.2, 0) is 4.79 Å². The normalized spacial score (nSPS) is 21.0. The molecule has 1 aromatic carbocycles. The van der Waals surface area contributed by atoms with Gasteiger partial charge in [0.15, 0.2) is 0 Å². The Hall–Kier alpha value is -2.16. The molecule has 3 aliphatic rings. The zero-order chi connectivity index (χ0) is 24.9. The predicted octanol–water partition coefficient (Wildman–Crippen LogP) is 3.30. The molecule has 192 valence electrons. The Bertz CT molecular complexity index is 924. The van der Waals surface area contributed by atoms with E-state index in [9.17, 15) is 14.4 Å². The molecule has 35 heavy (non-hydrogen) atoms. The molecule has 0 radical (unpaired) electrons. The summed E-state index contributed by atoms with van der Waals surface area (Å²) in [4.78, 5) is 45.5. The summed E-state index contributed by atoms with van der Waals surface area (Å²) in [7, 11) is 0. The minimum atomic E-state index is -0.505. The zero-order valence-corrected chi connectivity index (χ0v) is 21.7. The summed E-state index contributed by atoms with van der Waals surface area (Å²) in [5.41, 5.74) is 0.981. The molecule has 0 bridgehead atoms. The van der Waals surface area contributed by atoms with E-state index in [1.54, 1.807) is 18.2 Å². The number of amides is 4. The fraction of sp³-hybridized carbons (Fsp3) is 0.654. The van der Waals surface area contributed by atoms with Crippen LogP contribution >= 0.6 is 11.6 Å². The van der Waals surface area contributed by atoms with Crippen molar-refractivity contribution < 1.29 is 14.4 Å². The zero-order valence-electron chi connectivity index (χ0n) is 21.0. The Morgan fingerprint density at radius 2 is 1.71 bits per heavy atom. The van der Waals surface area contributed by atoms with Gasteiger partial charge >= 0.3 is 6.03 Å². The van der Waals surface area contributed by atoms with Crippen molar-refractivity contribution in [2.24, 2.45) is 11.8 Å². The smallest absolute Gasteiger partial charge is 0.328 e. The van der Waals surface area contributed by atoms with E-state index >= 15 is 0 Å². The molecule has 0 spiro atoms. The highest BCUT2D eigenvalue weighted by molar-refractivity contribution is 6.34. The van der Waals surface area contributed by atoms with Crippen molar-refractivity contribution in [2.75, 3.05) is 63.8 Å². The van der Waals surface area contributed by atoms with Gasteiger partial charge in [0.25, 0.3) is 5.91 Å². The van der Waals surface area contributed by atoms with Crippen LogP contribution in [0.2, 0.25) is 5.02 Å². The Morgan fingerprint density at radius 1 is 1.03 bits per heavy atom. The van der Waals surface area contributed by atoms with E-state index in [2.05, 4.69) is 29.0 Å². The summed E-state index contributed by atoms with van der Waals surface area (Å²) < 4.78 is 0. The van der Waals surface area contributed by atoms with Gasteiger partial charge in [0.05, 0.1) is 10.7 Å². The van der Waals surface area contributed by atoms with E-state index in [-0.39, 0.29) is 24.8 Å². The number of benzene rings is 1. The number of halogens is 1. The Balaban J connectivity index is 1.27. The molecule has 3 saturated heterocycles. The van der Waals surface area contributed by atoms with Gasteiger partial charge in [-0.2, -0.15) is 0 Å². The van der Waals surface area contributed by atoms with Crippen LogP contribution in [0.4, 0.5) is 10.5 Å². The van der Waals surface area contributed by atoms with Gasteiger partial charge in [0.2, 0.25) is 5.91 Å². The number of nitrogens with one attached hydrogen (secondary N) is 1. The number of nitrogens with zero attached hydrogens (tertiary/aromatic N) is 4. The third-order valence-corrected chi connectivity index (χ3v) is 7.76. The molecule has 8 nitrogen and oxygen atoms in total. The summed E-state index contributed by atoms with van der Waals surface area (Å²) >= 11 is 6.33. The maximum Gasteiger partial charge on any atom is 0.328 e. The molecule has 3 heterocycles. The Morgan fingerprint density at radius 3 is 2.37 bits per heavy atom. The van der Waals surface area contributed by atoms with E-state index in [1.165, 1.54) is 17.9 Å². The quantitative estimate of drug-likeness (QED) is 0.618. The van der Waals surface area contributed by atoms with Crippen molar-refractivity contribution in [3.8, 4) is 0 Å². The summed E-state index contributed by atoms with van der Waals surface area (Å²) in [6.45, 7) is 13.2. The molecular formula is C26H38ClN5O3. The molecule has 0 aliphatic carbocycles. The van der Waals surface area contributed by atoms with Crippen LogP contribution in [0.15, 0.2) is 18.2 Å². The van der Waals surface area contributed by atoms with E-state index in [0.717, 1.165) is 64.6 Å². The molecule has 3 fully saturated rings. The molecule has 4 rings (SSSR count). The summed E-state index contributed by atoms with van der Waals surface area (Å²) in [6.07, 6.45) is 3.50. The van der Waals surface area contributed by atoms with Crippen LogP contribution in [0, 0.1) is 11.8 Å². The second-order valence-electron chi connectivity index (χ2n) is 10.5. The first-order valence-corrected chi connectivity index (χ1v) is 13.3. The van der Waals surface area contributed by atoms with Crippen LogP contribution in [0.25, 0.3) is 0 Å². The lowest BCUT2D eigenvalue weighted by Gasteiger charge is -2.39. The first kappa shape index (κ1) is 25.9. The van der Waals surface area contributed by atoms with Crippen LogP contribution in [0.1, 0.15) is 49.9 Å². The van der Waals surface area contributed by atoms with Gasteiger partial charge in [-0.15, -0.1) is 0 Å². The van der Waals surface area contributed by atoms with Crippen LogP contribution < -0.4 is 10.2 Å². The minimum absolute atomic E-state index is 0.0337. The van der Waals surface area contributed by atoms with Crippen LogP contribution in [0.3, 0.4) is 0 Å². The van der Waals surface area contributed by atoms with E-state index in [0.29, 0.717) is 22.2 Å². The third kappa shape index (κ3) is 6.74. The van der Waals surface area contributed by atoms with Crippen molar-refractivity contribution in [3.63, 3.8) is 0 Å². The summed E-state index contributed by atoms with van der Waals surface area (Å²) in [6, 6.07) is 4.53. The van der Waals surface area contributed by atoms with Crippen molar-refractivity contribution in [2.45, 2.75) is 39.5 Å². The molecule has 0 aromatic heterocycles. The van der Waals surface area contributed by atoms with Gasteiger partial charge in [0.1, 0.15) is 0 Å². The number of rotatable bonds is 7. The highest BCUT2D eigenvalue weighted by atomic mass is 35.5. The number of imide groups is 1. The van der Waals surface area contributed by atoms with Gasteiger partial charge in [-0.05, 0) is 55.8 Å². The average Bonchev–Trinajstić information content (AvgIpc) is 2.84. The van der Waals surface area contributed by atoms with Crippen molar-refractivity contribution in [3.05, 3.63) is 28.8 Å². The average molecular weight is 504 g/mol. The second-order valence-corrected chi connectivity index (χ2v) is 10.9. The SMILES string of the molecule is CC(C)CCN1CCN(CC2CCN(C(=O)c3ccc(Cl)c(N4CCC(=O)NC4=O)c3)CC2)CC1. The number of hydrogen-bond acceptors (Lipinski definition) is 5. The third-order valence-electron chi connectivity index (χ3n) is 7.44. The molecule has 0 saturated carbocycles. The highest BCUT2D eigenvalue weighted by Gasteiger charge is 2.29. The van der Waals surface area contributed by atoms with E-state index in [4.69, 9.17) is 11.6 Å². The lowest BCUT2D eigenvalue weighted by molar-refractivity contribution is -0.120. The fourth-order valence-corrected chi connectivity index (χ4v) is 5.37. The van der Waals surface area contributed by atoms with E-state index < -0.39 is 6.03 Å². The Labute approximate surface area is 213 Å². The number of piperazine rings is 1. The number of piperidine rings is 1. The second kappa shape index (κ2) is 11.7. The van der Waals surface area contributed by atoms with Crippen molar-refractivity contribution in [1.29, 1.82) is 0 Å². The van der Waals surface area contributed by atoms with Gasteiger partial charge in [-0.1, -0.05) is 25.4 Å². The van der Waals surface area contributed by atoms with Crippen molar-refractivity contribution in [1.82, 2.24) is 20.0 Å². The number of hydrogen-bond donors (Lipinski definition) is 1. The molecule has 9 heteroatoms. The standard InChI is InChI=1S/C26H38ClN5O3/c1-19(2)5-9-29-13-15-30(16-14-29)18-20-6-10-31(11-7-20)25(34)21-3-4-22(27)23(17-21)32-12-8-24(33)28-26(32)35/h3-4,17,19-20H,5-16,18H2,1-2H3,(H,28,33,35). The monoisotopic (exact) mass is 503 g/mol. The topological polar surface area (TPSA) is 76.2 Å². The molecule has 0 atom stereocenters. The maximum atomic E-state index is 13.2. The van der Waals surface area contributed by atoms with Crippen LogP contribution in [-0.4, -0.2) is 91.4 Å². The first-order valence-electron chi connectivity index (χ1n) is 12.9. The fourth-order valence-electron chi connectivity index (χ4n) is 5.15.